The first-order valence-corrected chi connectivity index (χ1v) is 9.41. The summed E-state index contributed by atoms with van der Waals surface area (Å²) in [5, 5.41) is 0. The quantitative estimate of drug-likeness (QED) is 0.561. The van der Waals surface area contributed by atoms with Crippen LogP contribution >= 0.6 is 0 Å². The van der Waals surface area contributed by atoms with Crippen molar-refractivity contribution in [1.82, 2.24) is 9.55 Å². The number of nitrogens with zero attached hydrogens (tertiary/aromatic N) is 2. The van der Waals surface area contributed by atoms with Crippen molar-refractivity contribution in [2.45, 2.75) is 38.6 Å². The summed E-state index contributed by atoms with van der Waals surface area (Å²) in [6.45, 7) is 0.187. The van der Waals surface area contributed by atoms with Gasteiger partial charge < -0.3 is 9.30 Å². The lowest BCUT2D eigenvalue weighted by molar-refractivity contribution is -0.147. The summed E-state index contributed by atoms with van der Waals surface area (Å²) in [6.07, 6.45) is -2.85. The third-order valence-corrected chi connectivity index (χ3v) is 5.00. The fraction of sp³-hybridized carbons (Fsp3) is 0.273. The Morgan fingerprint density at radius 1 is 1.00 bits per heavy atom. The number of ether oxygens (including phenoxy) is 1. The van der Waals surface area contributed by atoms with E-state index in [1.807, 2.05) is 54.6 Å². The molecule has 150 valence electrons. The second-order valence-electron chi connectivity index (χ2n) is 6.98. The van der Waals surface area contributed by atoms with E-state index in [1.54, 1.807) is 0 Å². The molecule has 2 heterocycles. The van der Waals surface area contributed by atoms with Crippen molar-refractivity contribution in [3.8, 4) is 11.1 Å². The minimum atomic E-state index is -4.60. The maximum Gasteiger partial charge on any atom is 0.449 e. The molecule has 2 aromatic carbocycles. The molecule has 0 spiro atoms. The van der Waals surface area contributed by atoms with Crippen LogP contribution in [0, 0.1) is 0 Å². The number of imidazole rings is 1. The standard InChI is InChI=1S/C22H19F3N2O2/c23-22(24,25)21-26-19(18-8-4-5-13-27(18)21)20(28)29-14-15-9-11-17(12-10-15)16-6-2-1-3-7-16/h1-3,6-7,9-12H,4-5,8,13-14H2. The maximum atomic E-state index is 13.2. The van der Waals surface area contributed by atoms with Crippen LogP contribution in [0.4, 0.5) is 13.2 Å². The van der Waals surface area contributed by atoms with Crippen LogP contribution in [0.25, 0.3) is 11.1 Å². The SMILES string of the molecule is O=C(OCc1ccc(-c2ccccc2)cc1)c1nc(C(F)(F)F)n2c1CCCC2. The van der Waals surface area contributed by atoms with Gasteiger partial charge in [-0.25, -0.2) is 9.78 Å². The molecule has 0 saturated carbocycles. The molecule has 1 aliphatic rings. The molecule has 0 atom stereocenters. The number of rotatable bonds is 4. The van der Waals surface area contributed by atoms with E-state index in [1.165, 1.54) is 0 Å². The van der Waals surface area contributed by atoms with Gasteiger partial charge in [-0.1, -0.05) is 54.6 Å². The van der Waals surface area contributed by atoms with E-state index >= 15 is 0 Å². The number of benzene rings is 2. The van der Waals surface area contributed by atoms with E-state index in [0.29, 0.717) is 18.5 Å². The van der Waals surface area contributed by atoms with Crippen LogP contribution in [-0.4, -0.2) is 15.5 Å². The average molecular weight is 400 g/mol. The third-order valence-electron chi connectivity index (χ3n) is 5.00. The molecule has 0 radical (unpaired) electrons. The Labute approximate surface area is 166 Å². The zero-order valence-corrected chi connectivity index (χ0v) is 15.6. The van der Waals surface area contributed by atoms with Gasteiger partial charge in [-0.2, -0.15) is 13.2 Å². The van der Waals surface area contributed by atoms with Crippen LogP contribution in [0.5, 0.6) is 0 Å². The predicted molar refractivity (Wildman–Crippen MR) is 101 cm³/mol. The Morgan fingerprint density at radius 3 is 2.38 bits per heavy atom. The number of aromatic nitrogens is 2. The van der Waals surface area contributed by atoms with Crippen molar-refractivity contribution in [2.24, 2.45) is 0 Å². The van der Waals surface area contributed by atoms with Crippen molar-refractivity contribution in [3.05, 3.63) is 77.4 Å². The number of fused-ring (bicyclic) bond motifs is 1. The summed E-state index contributed by atoms with van der Waals surface area (Å²) in [6, 6.07) is 17.3. The number of hydrogen-bond donors (Lipinski definition) is 0. The molecule has 0 fully saturated rings. The fourth-order valence-electron chi connectivity index (χ4n) is 3.56. The summed E-state index contributed by atoms with van der Waals surface area (Å²) in [4.78, 5) is 16.0. The number of halogens is 3. The van der Waals surface area contributed by atoms with Gasteiger partial charge >= 0.3 is 12.1 Å². The topological polar surface area (TPSA) is 44.1 Å². The molecule has 3 aromatic rings. The molecule has 0 unspecified atom stereocenters. The zero-order chi connectivity index (χ0) is 20.4. The van der Waals surface area contributed by atoms with Gasteiger partial charge in [-0.05, 0) is 36.0 Å². The summed E-state index contributed by atoms with van der Waals surface area (Å²) in [7, 11) is 0. The van der Waals surface area contributed by atoms with Gasteiger partial charge in [0.15, 0.2) is 5.69 Å². The molecule has 1 aromatic heterocycles. The first-order valence-electron chi connectivity index (χ1n) is 9.41. The first kappa shape index (κ1) is 19.2. The van der Waals surface area contributed by atoms with Crippen molar-refractivity contribution in [2.75, 3.05) is 0 Å². The van der Waals surface area contributed by atoms with Gasteiger partial charge in [-0.3, -0.25) is 0 Å². The third kappa shape index (κ3) is 4.04. The smallest absolute Gasteiger partial charge is 0.449 e. The minimum absolute atomic E-state index is 0.0262. The van der Waals surface area contributed by atoms with Gasteiger partial charge in [0, 0.05) is 6.54 Å². The van der Waals surface area contributed by atoms with Gasteiger partial charge in [0.05, 0.1) is 5.69 Å². The summed E-state index contributed by atoms with van der Waals surface area (Å²) >= 11 is 0. The van der Waals surface area contributed by atoms with Crippen molar-refractivity contribution < 1.29 is 22.7 Å². The van der Waals surface area contributed by atoms with Crippen molar-refractivity contribution >= 4 is 5.97 Å². The Hall–Kier alpha value is -3.09. The van der Waals surface area contributed by atoms with Crippen LogP contribution in [0.15, 0.2) is 54.6 Å². The summed E-state index contributed by atoms with van der Waals surface area (Å²) < 4.78 is 46.1. The van der Waals surface area contributed by atoms with Gasteiger partial charge in [0.25, 0.3) is 0 Å². The highest BCUT2D eigenvalue weighted by molar-refractivity contribution is 5.88. The lowest BCUT2D eigenvalue weighted by atomic mass is 10.0. The highest BCUT2D eigenvalue weighted by Gasteiger charge is 2.40. The van der Waals surface area contributed by atoms with Crippen LogP contribution in [0.2, 0.25) is 0 Å². The Balaban J connectivity index is 1.48. The van der Waals surface area contributed by atoms with Crippen LogP contribution in [-0.2, 0) is 30.5 Å². The number of hydrogen-bond acceptors (Lipinski definition) is 3. The molecule has 4 rings (SSSR count). The highest BCUT2D eigenvalue weighted by atomic mass is 19.4. The molecule has 0 bridgehead atoms. The van der Waals surface area contributed by atoms with Crippen molar-refractivity contribution in [3.63, 3.8) is 0 Å². The molecule has 1 aliphatic heterocycles. The Kier molecular flexibility index (Phi) is 5.13. The maximum absolute atomic E-state index is 13.2. The van der Waals surface area contributed by atoms with E-state index in [-0.39, 0.29) is 18.8 Å². The van der Waals surface area contributed by atoms with E-state index in [2.05, 4.69) is 4.98 Å². The summed E-state index contributed by atoms with van der Waals surface area (Å²) in [5.74, 6) is -1.84. The Morgan fingerprint density at radius 2 is 1.69 bits per heavy atom. The van der Waals surface area contributed by atoms with Crippen LogP contribution < -0.4 is 0 Å². The molecule has 0 saturated heterocycles. The normalized spacial score (nSPS) is 13.8. The molecule has 0 N–H and O–H groups in total. The number of carbonyl (C=O) groups is 1. The molecule has 0 amide bonds. The number of carbonyl (C=O) groups excluding carboxylic acids is 1. The average Bonchev–Trinajstić information content (AvgIpc) is 3.13. The highest BCUT2D eigenvalue weighted by Crippen LogP contribution is 2.33. The van der Waals surface area contributed by atoms with Crippen LogP contribution in [0.3, 0.4) is 0 Å². The van der Waals surface area contributed by atoms with E-state index < -0.39 is 18.0 Å². The zero-order valence-electron chi connectivity index (χ0n) is 15.6. The first-order chi connectivity index (χ1) is 13.9. The molecule has 7 heteroatoms. The molecule has 29 heavy (non-hydrogen) atoms. The molecule has 0 aliphatic carbocycles. The largest absolute Gasteiger partial charge is 0.456 e. The molecular weight excluding hydrogens is 381 g/mol. The lowest BCUT2D eigenvalue weighted by Gasteiger charge is -2.17. The molecule has 4 nitrogen and oxygen atoms in total. The van der Waals surface area contributed by atoms with Gasteiger partial charge in [-0.15, -0.1) is 0 Å². The summed E-state index contributed by atoms with van der Waals surface area (Å²) in [5.41, 5.74) is 2.94. The lowest BCUT2D eigenvalue weighted by Crippen LogP contribution is -2.19. The second-order valence-corrected chi connectivity index (χ2v) is 6.98. The van der Waals surface area contributed by atoms with E-state index in [4.69, 9.17) is 4.74 Å². The number of alkyl halides is 3. The predicted octanol–water partition coefficient (Wildman–Crippen LogP) is 5.26. The van der Waals surface area contributed by atoms with Crippen LogP contribution in [0.1, 0.15) is 40.4 Å². The van der Waals surface area contributed by atoms with Crippen molar-refractivity contribution in [1.29, 1.82) is 0 Å². The van der Waals surface area contributed by atoms with Gasteiger partial charge in [0.2, 0.25) is 5.82 Å². The Bertz CT molecular complexity index is 1010. The number of esters is 1. The monoisotopic (exact) mass is 400 g/mol. The molecular formula is C22H19F3N2O2. The van der Waals surface area contributed by atoms with E-state index in [0.717, 1.165) is 27.7 Å². The fourth-order valence-corrected chi connectivity index (χ4v) is 3.56. The second kappa shape index (κ2) is 7.73. The van der Waals surface area contributed by atoms with E-state index in [9.17, 15) is 18.0 Å². The minimum Gasteiger partial charge on any atom is -0.456 e. The van der Waals surface area contributed by atoms with Gasteiger partial charge in [0.1, 0.15) is 6.61 Å².